The van der Waals surface area contributed by atoms with Crippen molar-refractivity contribution in [2.24, 2.45) is 5.73 Å². The molecule has 0 aromatic carbocycles. The zero-order chi connectivity index (χ0) is 10.2. The van der Waals surface area contributed by atoms with Crippen molar-refractivity contribution in [3.63, 3.8) is 0 Å². The molecule has 7 heteroatoms. The fourth-order valence-corrected chi connectivity index (χ4v) is 1.03. The van der Waals surface area contributed by atoms with Crippen molar-refractivity contribution in [2.75, 3.05) is 6.54 Å². The molecule has 0 atom stereocenters. The molecule has 0 aliphatic heterocycles. The lowest BCUT2D eigenvalue weighted by Gasteiger charge is -2.08. The van der Waals surface area contributed by atoms with Crippen molar-refractivity contribution in [3.8, 4) is 0 Å². The van der Waals surface area contributed by atoms with Crippen LogP contribution in [0.5, 0.6) is 0 Å². The standard InChI is InChI=1S/C7H7F2N5/c8-7(9,2-10)6-13-4-1-11-3-12-5(4)14-6/h1,3H,2,10H2,(H,11,12,13,14). The van der Waals surface area contributed by atoms with Gasteiger partial charge in [-0.3, -0.25) is 0 Å². The van der Waals surface area contributed by atoms with Crippen LogP contribution in [0.3, 0.4) is 0 Å². The van der Waals surface area contributed by atoms with Gasteiger partial charge >= 0.3 is 5.92 Å². The highest BCUT2D eigenvalue weighted by molar-refractivity contribution is 5.68. The Kier molecular flexibility index (Phi) is 1.88. The number of nitrogens with two attached hydrogens (primary N) is 1. The summed E-state index contributed by atoms with van der Waals surface area (Å²) in [6, 6.07) is 0. The Labute approximate surface area is 77.4 Å². The average molecular weight is 199 g/mol. The molecule has 2 aromatic heterocycles. The highest BCUT2D eigenvalue weighted by Crippen LogP contribution is 2.24. The van der Waals surface area contributed by atoms with Crippen LogP contribution in [0.4, 0.5) is 8.78 Å². The molecule has 0 aliphatic rings. The fraction of sp³-hybridized carbons (Fsp3) is 0.286. The summed E-state index contributed by atoms with van der Waals surface area (Å²) >= 11 is 0. The number of hydrogen-bond donors (Lipinski definition) is 2. The molecule has 14 heavy (non-hydrogen) atoms. The van der Waals surface area contributed by atoms with Gasteiger partial charge in [-0.15, -0.1) is 0 Å². The van der Waals surface area contributed by atoms with Crippen LogP contribution in [0.15, 0.2) is 12.5 Å². The van der Waals surface area contributed by atoms with Gasteiger partial charge in [0, 0.05) is 0 Å². The van der Waals surface area contributed by atoms with Crippen molar-refractivity contribution >= 4 is 11.2 Å². The van der Waals surface area contributed by atoms with E-state index in [-0.39, 0.29) is 5.65 Å². The third-order valence-corrected chi connectivity index (χ3v) is 1.76. The van der Waals surface area contributed by atoms with Crippen molar-refractivity contribution < 1.29 is 8.78 Å². The summed E-state index contributed by atoms with van der Waals surface area (Å²) in [5.74, 6) is -3.63. The molecule has 3 N–H and O–H groups in total. The van der Waals surface area contributed by atoms with Crippen LogP contribution in [0.2, 0.25) is 0 Å². The highest BCUT2D eigenvalue weighted by atomic mass is 19.3. The number of aromatic amines is 1. The van der Waals surface area contributed by atoms with E-state index in [1.54, 1.807) is 0 Å². The Morgan fingerprint density at radius 3 is 2.93 bits per heavy atom. The Morgan fingerprint density at radius 2 is 2.29 bits per heavy atom. The maximum atomic E-state index is 13.1. The number of nitrogens with one attached hydrogen (secondary N) is 1. The van der Waals surface area contributed by atoms with E-state index in [1.165, 1.54) is 12.5 Å². The number of rotatable bonds is 2. The molecule has 74 valence electrons. The summed E-state index contributed by atoms with van der Waals surface area (Å²) in [6.07, 6.45) is 2.62. The van der Waals surface area contributed by atoms with Crippen molar-refractivity contribution in [1.82, 2.24) is 19.9 Å². The molecule has 0 aliphatic carbocycles. The minimum atomic E-state index is -3.15. The maximum absolute atomic E-state index is 13.1. The number of halogens is 2. The lowest BCUT2D eigenvalue weighted by molar-refractivity contribution is -0.00238. The number of aromatic nitrogens is 4. The predicted octanol–water partition coefficient (Wildman–Crippen LogP) is 0.403. The first-order valence-electron chi connectivity index (χ1n) is 3.87. The molecule has 0 radical (unpaired) electrons. The molecule has 0 spiro atoms. The van der Waals surface area contributed by atoms with Crippen LogP contribution in [0, 0.1) is 0 Å². The van der Waals surface area contributed by atoms with Crippen molar-refractivity contribution in [1.29, 1.82) is 0 Å². The van der Waals surface area contributed by atoms with Crippen molar-refractivity contribution in [2.45, 2.75) is 5.92 Å². The summed E-state index contributed by atoms with van der Waals surface area (Å²) < 4.78 is 26.1. The molecular formula is C7H7F2N5. The van der Waals surface area contributed by atoms with Crippen LogP contribution in [-0.2, 0) is 5.92 Å². The molecule has 0 unspecified atom stereocenters. The first kappa shape index (κ1) is 8.95. The largest absolute Gasteiger partial charge is 0.334 e. The van der Waals surface area contributed by atoms with Gasteiger partial charge in [0.05, 0.1) is 12.7 Å². The fourth-order valence-electron chi connectivity index (χ4n) is 1.03. The Bertz CT molecular complexity index is 419. The van der Waals surface area contributed by atoms with Gasteiger partial charge in [0.15, 0.2) is 11.5 Å². The molecule has 2 rings (SSSR count). The van der Waals surface area contributed by atoms with Crippen LogP contribution >= 0.6 is 0 Å². The molecule has 0 amide bonds. The minimum absolute atomic E-state index is 0.211. The lowest BCUT2D eigenvalue weighted by Crippen LogP contribution is -2.26. The molecule has 0 saturated carbocycles. The SMILES string of the molecule is NCC(F)(F)c1nc2ncncc2[nH]1. The molecule has 2 aromatic rings. The normalized spacial score (nSPS) is 12.2. The van der Waals surface area contributed by atoms with E-state index < -0.39 is 18.3 Å². The van der Waals surface area contributed by atoms with E-state index >= 15 is 0 Å². The topological polar surface area (TPSA) is 80.5 Å². The first-order chi connectivity index (χ1) is 6.63. The number of imidazole rings is 1. The molecule has 2 heterocycles. The van der Waals surface area contributed by atoms with Gasteiger partial charge < -0.3 is 10.7 Å². The van der Waals surface area contributed by atoms with Gasteiger partial charge in [-0.25, -0.2) is 15.0 Å². The van der Waals surface area contributed by atoms with E-state index in [1.807, 2.05) is 0 Å². The summed E-state index contributed by atoms with van der Waals surface area (Å²) in [7, 11) is 0. The van der Waals surface area contributed by atoms with Gasteiger partial charge in [-0.05, 0) is 0 Å². The van der Waals surface area contributed by atoms with Gasteiger partial charge in [-0.2, -0.15) is 8.78 Å². The Balaban J connectivity index is 2.55. The highest BCUT2D eigenvalue weighted by Gasteiger charge is 2.33. The number of H-pyrrole nitrogens is 1. The lowest BCUT2D eigenvalue weighted by atomic mass is 10.3. The van der Waals surface area contributed by atoms with Crippen LogP contribution < -0.4 is 5.73 Å². The monoisotopic (exact) mass is 199 g/mol. The molecule has 0 fully saturated rings. The molecule has 0 bridgehead atoms. The average Bonchev–Trinajstić information content (AvgIpc) is 2.61. The zero-order valence-corrected chi connectivity index (χ0v) is 7.04. The molecule has 0 saturated heterocycles. The molecule has 5 nitrogen and oxygen atoms in total. The van der Waals surface area contributed by atoms with Crippen molar-refractivity contribution in [3.05, 3.63) is 18.3 Å². The summed E-state index contributed by atoms with van der Waals surface area (Å²) in [5.41, 5.74) is 5.50. The summed E-state index contributed by atoms with van der Waals surface area (Å²) in [4.78, 5) is 13.4. The van der Waals surface area contributed by atoms with Crippen LogP contribution in [-0.4, -0.2) is 26.5 Å². The number of hydrogen-bond acceptors (Lipinski definition) is 4. The van der Waals surface area contributed by atoms with Gasteiger partial charge in [0.1, 0.15) is 11.8 Å². The minimum Gasteiger partial charge on any atom is -0.334 e. The summed E-state index contributed by atoms with van der Waals surface area (Å²) in [6.45, 7) is -0.791. The third kappa shape index (κ3) is 1.31. The number of fused-ring (bicyclic) bond motifs is 1. The van der Waals surface area contributed by atoms with E-state index in [0.717, 1.165) is 0 Å². The van der Waals surface area contributed by atoms with Gasteiger partial charge in [0.25, 0.3) is 0 Å². The second kappa shape index (κ2) is 2.95. The second-order valence-electron chi connectivity index (χ2n) is 2.75. The van der Waals surface area contributed by atoms with E-state index in [9.17, 15) is 8.78 Å². The number of alkyl halides is 2. The van der Waals surface area contributed by atoms with Crippen LogP contribution in [0.1, 0.15) is 5.82 Å². The Hall–Kier alpha value is -1.63. The van der Waals surface area contributed by atoms with E-state index in [0.29, 0.717) is 5.52 Å². The van der Waals surface area contributed by atoms with Crippen LogP contribution in [0.25, 0.3) is 11.2 Å². The van der Waals surface area contributed by atoms with E-state index in [2.05, 4.69) is 19.9 Å². The molecular weight excluding hydrogens is 192 g/mol. The smallest absolute Gasteiger partial charge is 0.316 e. The van der Waals surface area contributed by atoms with Gasteiger partial charge in [0.2, 0.25) is 0 Å². The predicted molar refractivity (Wildman–Crippen MR) is 44.6 cm³/mol. The zero-order valence-electron chi connectivity index (χ0n) is 7.04. The third-order valence-electron chi connectivity index (χ3n) is 1.76. The maximum Gasteiger partial charge on any atom is 0.316 e. The second-order valence-corrected chi connectivity index (χ2v) is 2.75. The first-order valence-corrected chi connectivity index (χ1v) is 3.87. The van der Waals surface area contributed by atoms with Gasteiger partial charge in [-0.1, -0.05) is 0 Å². The number of nitrogens with zero attached hydrogens (tertiary/aromatic N) is 3. The Morgan fingerprint density at radius 1 is 1.50 bits per heavy atom. The summed E-state index contributed by atoms with van der Waals surface area (Å²) in [5, 5.41) is 0. The van der Waals surface area contributed by atoms with E-state index in [4.69, 9.17) is 5.73 Å². The quantitative estimate of drug-likeness (QED) is 0.733.